The number of benzene rings is 3. The SMILES string of the molecule is COc1cc(/C=C/C(=O)Nc2ccc(S(N)(=O)=O)cc2)ccc1OCc1c(Cl)cccc1Cl. The Labute approximate surface area is 201 Å². The third-order valence-corrected chi connectivity index (χ3v) is 6.14. The van der Waals surface area contributed by atoms with E-state index in [9.17, 15) is 13.2 Å². The summed E-state index contributed by atoms with van der Waals surface area (Å²) in [7, 11) is -2.28. The lowest BCUT2D eigenvalue weighted by atomic mass is 10.2. The first-order chi connectivity index (χ1) is 15.7. The van der Waals surface area contributed by atoms with E-state index < -0.39 is 15.9 Å². The van der Waals surface area contributed by atoms with Gasteiger partial charge in [0.15, 0.2) is 11.5 Å². The van der Waals surface area contributed by atoms with Crippen molar-refractivity contribution in [3.63, 3.8) is 0 Å². The Morgan fingerprint density at radius 3 is 2.30 bits per heavy atom. The zero-order valence-corrected chi connectivity index (χ0v) is 19.7. The summed E-state index contributed by atoms with van der Waals surface area (Å²) in [6.45, 7) is 0.163. The minimum atomic E-state index is -3.79. The monoisotopic (exact) mass is 506 g/mol. The number of anilines is 1. The Balaban J connectivity index is 1.65. The van der Waals surface area contributed by atoms with Gasteiger partial charge in [0.05, 0.1) is 12.0 Å². The molecule has 0 saturated heterocycles. The molecule has 0 aliphatic rings. The molecule has 3 aromatic carbocycles. The molecule has 7 nitrogen and oxygen atoms in total. The van der Waals surface area contributed by atoms with Crippen LogP contribution in [-0.2, 0) is 21.4 Å². The molecule has 0 saturated carbocycles. The number of rotatable bonds is 8. The van der Waals surface area contributed by atoms with Crippen molar-refractivity contribution in [1.29, 1.82) is 0 Å². The van der Waals surface area contributed by atoms with E-state index in [1.54, 1.807) is 42.5 Å². The average Bonchev–Trinajstić information content (AvgIpc) is 2.77. The molecule has 0 aliphatic heterocycles. The molecule has 0 bridgehead atoms. The van der Waals surface area contributed by atoms with Crippen LogP contribution in [0.5, 0.6) is 11.5 Å². The highest BCUT2D eigenvalue weighted by molar-refractivity contribution is 7.89. The number of nitrogens with one attached hydrogen (secondary N) is 1. The minimum absolute atomic E-state index is 0.0396. The highest BCUT2D eigenvalue weighted by atomic mass is 35.5. The lowest BCUT2D eigenvalue weighted by molar-refractivity contribution is -0.111. The molecule has 0 atom stereocenters. The molecule has 0 spiro atoms. The molecular weight excluding hydrogens is 487 g/mol. The maximum Gasteiger partial charge on any atom is 0.248 e. The van der Waals surface area contributed by atoms with Crippen LogP contribution in [0.2, 0.25) is 10.0 Å². The zero-order valence-electron chi connectivity index (χ0n) is 17.4. The summed E-state index contributed by atoms with van der Waals surface area (Å²) < 4.78 is 33.8. The highest BCUT2D eigenvalue weighted by Crippen LogP contribution is 2.31. The van der Waals surface area contributed by atoms with Gasteiger partial charge >= 0.3 is 0 Å². The standard InChI is InChI=1S/C23H20Cl2N2O5S/c1-31-22-13-15(5-11-21(22)32-14-18-19(24)3-2-4-20(18)25)6-12-23(28)27-16-7-9-17(10-8-16)33(26,29)30/h2-13H,14H2,1H3,(H,27,28)(H2,26,29,30)/b12-6+. The van der Waals surface area contributed by atoms with Crippen molar-refractivity contribution in [2.45, 2.75) is 11.5 Å². The Bertz CT molecular complexity index is 1270. The first kappa shape index (κ1) is 24.6. The molecule has 3 N–H and O–H groups in total. The van der Waals surface area contributed by atoms with Crippen LogP contribution in [0.3, 0.4) is 0 Å². The van der Waals surface area contributed by atoms with Gasteiger partial charge in [-0.3, -0.25) is 4.79 Å². The molecule has 0 radical (unpaired) electrons. The van der Waals surface area contributed by atoms with Gasteiger partial charge in [-0.15, -0.1) is 0 Å². The Morgan fingerprint density at radius 2 is 1.70 bits per heavy atom. The maximum absolute atomic E-state index is 12.2. The summed E-state index contributed by atoms with van der Waals surface area (Å²) in [6, 6.07) is 15.9. The van der Waals surface area contributed by atoms with Crippen molar-refractivity contribution >= 4 is 50.9 Å². The van der Waals surface area contributed by atoms with Gasteiger partial charge in [0.25, 0.3) is 0 Å². The first-order valence-corrected chi connectivity index (χ1v) is 11.8. The Hall–Kier alpha value is -3.04. The van der Waals surface area contributed by atoms with Crippen LogP contribution in [-0.4, -0.2) is 21.4 Å². The van der Waals surface area contributed by atoms with Gasteiger partial charge in [0.1, 0.15) is 6.61 Å². The number of sulfonamides is 1. The van der Waals surface area contributed by atoms with Crippen LogP contribution in [0.1, 0.15) is 11.1 Å². The molecule has 0 heterocycles. The number of carbonyl (C=O) groups is 1. The molecule has 3 rings (SSSR count). The number of halogens is 2. The summed E-state index contributed by atoms with van der Waals surface area (Å²) in [6.07, 6.45) is 2.94. The van der Waals surface area contributed by atoms with Crippen molar-refractivity contribution in [2.24, 2.45) is 5.14 Å². The summed E-state index contributed by atoms with van der Waals surface area (Å²) in [5.74, 6) is 0.565. The van der Waals surface area contributed by atoms with Crippen LogP contribution in [0.4, 0.5) is 5.69 Å². The fourth-order valence-corrected chi connectivity index (χ4v) is 3.83. The number of amides is 1. The number of carbonyl (C=O) groups excluding carboxylic acids is 1. The third-order valence-electron chi connectivity index (χ3n) is 4.50. The van der Waals surface area contributed by atoms with E-state index in [-0.39, 0.29) is 11.5 Å². The number of primary sulfonamides is 1. The third kappa shape index (κ3) is 6.72. The van der Waals surface area contributed by atoms with E-state index in [0.29, 0.717) is 38.4 Å². The van der Waals surface area contributed by atoms with E-state index in [0.717, 1.165) is 0 Å². The van der Waals surface area contributed by atoms with Gasteiger partial charge in [-0.25, -0.2) is 13.6 Å². The second-order valence-corrected chi connectivity index (χ2v) is 9.17. The molecule has 0 unspecified atom stereocenters. The molecule has 10 heteroatoms. The average molecular weight is 507 g/mol. The Morgan fingerprint density at radius 1 is 1.03 bits per heavy atom. The second kappa shape index (κ2) is 10.7. The number of methoxy groups -OCH3 is 1. The van der Waals surface area contributed by atoms with Gasteiger partial charge in [-0.2, -0.15) is 0 Å². The summed E-state index contributed by atoms with van der Waals surface area (Å²) in [5, 5.41) is 8.71. The number of ether oxygens (including phenoxy) is 2. The van der Waals surface area contributed by atoms with E-state index in [2.05, 4.69) is 5.32 Å². The normalized spacial score (nSPS) is 11.4. The van der Waals surface area contributed by atoms with Crippen LogP contribution in [0, 0.1) is 0 Å². The highest BCUT2D eigenvalue weighted by Gasteiger charge is 2.10. The molecule has 0 aromatic heterocycles. The Kier molecular flexibility index (Phi) is 7.99. The molecule has 0 fully saturated rings. The predicted molar refractivity (Wildman–Crippen MR) is 129 cm³/mol. The maximum atomic E-state index is 12.2. The minimum Gasteiger partial charge on any atom is -0.493 e. The molecular formula is C23H20Cl2N2O5S. The summed E-state index contributed by atoms with van der Waals surface area (Å²) >= 11 is 12.4. The van der Waals surface area contributed by atoms with Crippen LogP contribution in [0.25, 0.3) is 6.08 Å². The van der Waals surface area contributed by atoms with Crippen molar-refractivity contribution in [2.75, 3.05) is 12.4 Å². The van der Waals surface area contributed by atoms with Crippen LogP contribution in [0.15, 0.2) is 71.6 Å². The van der Waals surface area contributed by atoms with Crippen LogP contribution < -0.4 is 19.9 Å². The van der Waals surface area contributed by atoms with Gasteiger partial charge in [0, 0.05) is 27.4 Å². The van der Waals surface area contributed by atoms with E-state index in [1.165, 1.54) is 37.5 Å². The van der Waals surface area contributed by atoms with Gasteiger partial charge in [-0.1, -0.05) is 35.3 Å². The fraction of sp³-hybridized carbons (Fsp3) is 0.0870. The first-order valence-electron chi connectivity index (χ1n) is 9.53. The summed E-state index contributed by atoms with van der Waals surface area (Å²) in [5.41, 5.74) is 1.80. The van der Waals surface area contributed by atoms with Crippen molar-refractivity contribution in [1.82, 2.24) is 0 Å². The number of hydrogen-bond acceptors (Lipinski definition) is 5. The molecule has 33 heavy (non-hydrogen) atoms. The molecule has 1 amide bonds. The second-order valence-electron chi connectivity index (χ2n) is 6.79. The van der Waals surface area contributed by atoms with Crippen molar-refractivity contribution < 1.29 is 22.7 Å². The smallest absolute Gasteiger partial charge is 0.248 e. The van der Waals surface area contributed by atoms with E-state index in [4.69, 9.17) is 37.8 Å². The van der Waals surface area contributed by atoms with Crippen LogP contribution >= 0.6 is 23.2 Å². The zero-order chi connectivity index (χ0) is 24.0. The van der Waals surface area contributed by atoms with E-state index in [1.807, 2.05) is 0 Å². The summed E-state index contributed by atoms with van der Waals surface area (Å²) in [4.78, 5) is 12.2. The van der Waals surface area contributed by atoms with Gasteiger partial charge in [0.2, 0.25) is 15.9 Å². The lowest BCUT2D eigenvalue weighted by Crippen LogP contribution is -2.12. The number of nitrogens with two attached hydrogens (primary N) is 1. The largest absolute Gasteiger partial charge is 0.493 e. The van der Waals surface area contributed by atoms with Gasteiger partial charge < -0.3 is 14.8 Å². The van der Waals surface area contributed by atoms with Crippen molar-refractivity contribution in [3.8, 4) is 11.5 Å². The molecule has 0 aliphatic carbocycles. The number of hydrogen-bond donors (Lipinski definition) is 2. The van der Waals surface area contributed by atoms with Crippen molar-refractivity contribution in [3.05, 3.63) is 87.9 Å². The quantitative estimate of drug-likeness (QED) is 0.423. The molecule has 3 aromatic rings. The fourth-order valence-electron chi connectivity index (χ4n) is 2.81. The topological polar surface area (TPSA) is 108 Å². The lowest BCUT2D eigenvalue weighted by Gasteiger charge is -2.13. The van der Waals surface area contributed by atoms with Gasteiger partial charge in [-0.05, 0) is 60.2 Å². The van der Waals surface area contributed by atoms with E-state index >= 15 is 0 Å². The predicted octanol–water partition coefficient (Wildman–Crippen LogP) is 4.88. The molecule has 172 valence electrons.